The van der Waals surface area contributed by atoms with Crippen LogP contribution >= 0.6 is 0 Å². The van der Waals surface area contributed by atoms with Crippen molar-refractivity contribution in [2.24, 2.45) is 35.5 Å². The van der Waals surface area contributed by atoms with Gasteiger partial charge in [0.05, 0.1) is 5.92 Å². The van der Waals surface area contributed by atoms with E-state index in [1.165, 1.54) is 19.3 Å². The Labute approximate surface area is 113 Å². The number of rotatable bonds is 6. The Balaban J connectivity index is 1.49. The largest absolute Gasteiger partial charge is 0.481 e. The van der Waals surface area contributed by atoms with Crippen molar-refractivity contribution in [2.75, 3.05) is 6.54 Å². The van der Waals surface area contributed by atoms with Gasteiger partial charge in [-0.3, -0.25) is 9.59 Å². The maximum atomic E-state index is 12.2. The molecule has 0 aliphatic heterocycles. The first-order valence-corrected chi connectivity index (χ1v) is 7.64. The fourth-order valence-corrected chi connectivity index (χ4v) is 4.68. The summed E-state index contributed by atoms with van der Waals surface area (Å²) in [5.74, 6) is 1.95. The van der Waals surface area contributed by atoms with Gasteiger partial charge in [0.15, 0.2) is 0 Å². The molecular formula is C15H23NO3. The molecule has 2 N–H and O–H groups in total. The monoisotopic (exact) mass is 265 g/mol. The quantitative estimate of drug-likeness (QED) is 0.770. The Hall–Kier alpha value is -1.06. The molecule has 4 heteroatoms. The molecule has 0 aromatic carbocycles. The minimum atomic E-state index is -0.793. The average Bonchev–Trinajstić information content (AvgIpc) is 2.82. The lowest BCUT2D eigenvalue weighted by molar-refractivity contribution is -0.142. The fourth-order valence-electron chi connectivity index (χ4n) is 4.68. The van der Waals surface area contributed by atoms with Gasteiger partial charge in [-0.05, 0) is 49.4 Å². The van der Waals surface area contributed by atoms with Crippen LogP contribution in [0.25, 0.3) is 0 Å². The van der Waals surface area contributed by atoms with Crippen LogP contribution in [0.5, 0.6) is 0 Å². The molecule has 3 saturated carbocycles. The number of fused-ring (bicyclic) bond motifs is 5. The van der Waals surface area contributed by atoms with Gasteiger partial charge < -0.3 is 10.4 Å². The second-order valence-corrected chi connectivity index (χ2v) is 6.58. The van der Waals surface area contributed by atoms with Crippen LogP contribution in [-0.2, 0) is 9.59 Å². The number of carboxylic acids is 1. The van der Waals surface area contributed by atoms with Crippen molar-refractivity contribution in [1.82, 2.24) is 5.32 Å². The van der Waals surface area contributed by atoms with E-state index in [9.17, 15) is 9.59 Å². The number of hydrogen-bond acceptors (Lipinski definition) is 2. The van der Waals surface area contributed by atoms with Crippen molar-refractivity contribution < 1.29 is 14.7 Å². The summed E-state index contributed by atoms with van der Waals surface area (Å²) in [6.45, 7) is 2.27. The van der Waals surface area contributed by atoms with Crippen molar-refractivity contribution in [3.05, 3.63) is 0 Å². The predicted octanol–water partition coefficient (Wildman–Crippen LogP) is 1.90. The molecule has 0 saturated heterocycles. The minimum Gasteiger partial charge on any atom is -0.481 e. The van der Waals surface area contributed by atoms with Crippen molar-refractivity contribution in [1.29, 1.82) is 0 Å². The van der Waals surface area contributed by atoms with E-state index >= 15 is 0 Å². The first kappa shape index (κ1) is 12.9. The van der Waals surface area contributed by atoms with Crippen molar-refractivity contribution in [2.45, 2.75) is 39.0 Å². The second kappa shape index (κ2) is 4.80. The van der Waals surface area contributed by atoms with E-state index in [2.05, 4.69) is 5.32 Å². The molecule has 1 amide bonds. The van der Waals surface area contributed by atoms with Crippen molar-refractivity contribution >= 4 is 11.9 Å². The van der Waals surface area contributed by atoms with E-state index in [4.69, 9.17) is 5.11 Å². The van der Waals surface area contributed by atoms with E-state index in [0.29, 0.717) is 24.8 Å². The number of carbonyl (C=O) groups is 2. The van der Waals surface area contributed by atoms with Gasteiger partial charge in [-0.1, -0.05) is 13.3 Å². The number of carboxylic acid groups (broad SMARTS) is 1. The molecule has 19 heavy (non-hydrogen) atoms. The fraction of sp³-hybridized carbons (Fsp3) is 0.867. The molecule has 0 spiro atoms. The van der Waals surface area contributed by atoms with Gasteiger partial charge in [0.1, 0.15) is 0 Å². The van der Waals surface area contributed by atoms with E-state index in [1.807, 2.05) is 6.92 Å². The first-order valence-electron chi connectivity index (χ1n) is 7.64. The standard InChI is InChI=1S/C15H23NO3/c1-2-3-10(15(18)19)7-16-14(17)13-11-8-4-5-9(6-8)12(11)13/h8-13H,2-7H2,1H3,(H,16,17)(H,18,19). The molecule has 3 aliphatic rings. The zero-order valence-electron chi connectivity index (χ0n) is 11.5. The summed E-state index contributed by atoms with van der Waals surface area (Å²) in [6.07, 6.45) is 5.43. The Kier molecular flexibility index (Phi) is 3.27. The molecule has 5 atom stereocenters. The summed E-state index contributed by atoms with van der Waals surface area (Å²) in [7, 11) is 0. The van der Waals surface area contributed by atoms with Gasteiger partial charge >= 0.3 is 5.97 Å². The molecule has 106 valence electrons. The first-order chi connectivity index (χ1) is 9.13. The highest BCUT2D eigenvalue weighted by Gasteiger charge is 2.67. The molecule has 2 bridgehead atoms. The van der Waals surface area contributed by atoms with Crippen LogP contribution in [0.15, 0.2) is 0 Å². The van der Waals surface area contributed by atoms with Crippen LogP contribution < -0.4 is 5.32 Å². The molecule has 4 nitrogen and oxygen atoms in total. The van der Waals surface area contributed by atoms with Crippen molar-refractivity contribution in [3.8, 4) is 0 Å². The number of aliphatic carboxylic acids is 1. The van der Waals surface area contributed by atoms with Crippen molar-refractivity contribution in [3.63, 3.8) is 0 Å². The summed E-state index contributed by atoms with van der Waals surface area (Å²) >= 11 is 0. The maximum Gasteiger partial charge on any atom is 0.308 e. The summed E-state index contributed by atoms with van der Waals surface area (Å²) in [5, 5.41) is 12.0. The predicted molar refractivity (Wildman–Crippen MR) is 70.3 cm³/mol. The van der Waals surface area contributed by atoms with Gasteiger partial charge in [-0.2, -0.15) is 0 Å². The van der Waals surface area contributed by atoms with Crippen LogP contribution in [0.2, 0.25) is 0 Å². The average molecular weight is 265 g/mol. The number of nitrogens with one attached hydrogen (secondary N) is 1. The lowest BCUT2D eigenvalue weighted by Gasteiger charge is -2.14. The summed E-state index contributed by atoms with van der Waals surface area (Å²) < 4.78 is 0. The van der Waals surface area contributed by atoms with Crippen LogP contribution in [0, 0.1) is 35.5 Å². The van der Waals surface area contributed by atoms with E-state index in [1.54, 1.807) is 0 Å². The lowest BCUT2D eigenvalue weighted by Crippen LogP contribution is -2.35. The Morgan fingerprint density at radius 2 is 1.89 bits per heavy atom. The Morgan fingerprint density at radius 3 is 2.42 bits per heavy atom. The smallest absolute Gasteiger partial charge is 0.308 e. The normalized spacial score (nSPS) is 39.7. The number of amides is 1. The lowest BCUT2D eigenvalue weighted by atomic mass is 10.0. The highest BCUT2D eigenvalue weighted by molar-refractivity contribution is 5.83. The van der Waals surface area contributed by atoms with Gasteiger partial charge in [-0.15, -0.1) is 0 Å². The van der Waals surface area contributed by atoms with Crippen LogP contribution in [0.4, 0.5) is 0 Å². The topological polar surface area (TPSA) is 66.4 Å². The molecule has 3 fully saturated rings. The maximum absolute atomic E-state index is 12.2. The Bertz CT molecular complexity index is 379. The van der Waals surface area contributed by atoms with E-state index in [0.717, 1.165) is 18.3 Å². The number of carbonyl (C=O) groups excluding carboxylic acids is 1. The third kappa shape index (κ3) is 2.15. The summed E-state index contributed by atoms with van der Waals surface area (Å²) in [5.41, 5.74) is 0. The third-order valence-electron chi connectivity index (χ3n) is 5.55. The zero-order valence-corrected chi connectivity index (χ0v) is 11.5. The molecule has 0 radical (unpaired) electrons. The summed E-state index contributed by atoms with van der Waals surface area (Å²) in [4.78, 5) is 23.2. The second-order valence-electron chi connectivity index (χ2n) is 6.58. The van der Waals surface area contributed by atoms with E-state index < -0.39 is 11.9 Å². The summed E-state index contributed by atoms with van der Waals surface area (Å²) in [6, 6.07) is 0. The van der Waals surface area contributed by atoms with Crippen LogP contribution in [-0.4, -0.2) is 23.5 Å². The van der Waals surface area contributed by atoms with Crippen LogP contribution in [0.3, 0.4) is 0 Å². The Morgan fingerprint density at radius 1 is 1.26 bits per heavy atom. The zero-order chi connectivity index (χ0) is 13.6. The molecule has 0 heterocycles. The van der Waals surface area contributed by atoms with Gasteiger partial charge in [-0.25, -0.2) is 0 Å². The molecule has 0 aromatic rings. The molecule has 5 unspecified atom stereocenters. The third-order valence-corrected chi connectivity index (χ3v) is 5.55. The minimum absolute atomic E-state index is 0.119. The highest BCUT2D eigenvalue weighted by atomic mass is 16.4. The molecule has 3 rings (SSSR count). The SMILES string of the molecule is CCCC(CNC(=O)C1C2C3CCC(C3)C12)C(=O)O. The molecule has 3 aliphatic carbocycles. The highest BCUT2D eigenvalue weighted by Crippen LogP contribution is 2.69. The molecule has 0 aromatic heterocycles. The van der Waals surface area contributed by atoms with Gasteiger partial charge in [0.25, 0.3) is 0 Å². The molecular weight excluding hydrogens is 242 g/mol. The van der Waals surface area contributed by atoms with Gasteiger partial charge in [0.2, 0.25) is 5.91 Å². The number of hydrogen-bond donors (Lipinski definition) is 2. The van der Waals surface area contributed by atoms with E-state index in [-0.39, 0.29) is 11.8 Å². The van der Waals surface area contributed by atoms with Gasteiger partial charge in [0, 0.05) is 12.5 Å². The van der Waals surface area contributed by atoms with Crippen LogP contribution in [0.1, 0.15) is 39.0 Å².